The first-order valence-electron chi connectivity index (χ1n) is 6.80. The standard InChI is InChI=1S/C16H16N2O2S/c1-4-20-14-8-11(3)10(2)7-12(14)15-13(9-19)18-5-6-21-16(18)17-15/h5-9H,4H2,1-3H3. The second-order valence-corrected chi connectivity index (χ2v) is 5.76. The summed E-state index contributed by atoms with van der Waals surface area (Å²) in [6.07, 6.45) is 2.72. The highest BCUT2D eigenvalue weighted by Crippen LogP contribution is 2.35. The highest BCUT2D eigenvalue weighted by atomic mass is 32.1. The maximum Gasteiger partial charge on any atom is 0.194 e. The van der Waals surface area contributed by atoms with Crippen LogP contribution in [0.5, 0.6) is 5.75 Å². The molecular weight excluding hydrogens is 284 g/mol. The van der Waals surface area contributed by atoms with Gasteiger partial charge in [0, 0.05) is 17.1 Å². The molecule has 0 spiro atoms. The summed E-state index contributed by atoms with van der Waals surface area (Å²) in [5, 5.41) is 1.92. The fourth-order valence-electron chi connectivity index (χ4n) is 2.36. The molecule has 3 aromatic rings. The number of aryl methyl sites for hydroxylation is 2. The first-order chi connectivity index (χ1) is 10.2. The van der Waals surface area contributed by atoms with E-state index in [1.807, 2.05) is 48.9 Å². The summed E-state index contributed by atoms with van der Waals surface area (Å²) in [5.41, 5.74) is 4.44. The number of carbonyl (C=O) groups is 1. The van der Waals surface area contributed by atoms with Gasteiger partial charge in [-0.2, -0.15) is 0 Å². The molecule has 0 radical (unpaired) electrons. The summed E-state index contributed by atoms with van der Waals surface area (Å²) in [7, 11) is 0. The van der Waals surface area contributed by atoms with Gasteiger partial charge in [-0.05, 0) is 44.0 Å². The van der Waals surface area contributed by atoms with E-state index in [4.69, 9.17) is 4.74 Å². The Morgan fingerprint density at radius 2 is 2.10 bits per heavy atom. The molecule has 0 aliphatic heterocycles. The van der Waals surface area contributed by atoms with Crippen LogP contribution in [0.4, 0.5) is 0 Å². The fourth-order valence-corrected chi connectivity index (χ4v) is 3.08. The summed E-state index contributed by atoms with van der Waals surface area (Å²) in [6, 6.07) is 4.05. The Hall–Kier alpha value is -2.14. The lowest BCUT2D eigenvalue weighted by atomic mass is 10.0. The van der Waals surface area contributed by atoms with Crippen LogP contribution in [0.1, 0.15) is 28.5 Å². The van der Waals surface area contributed by atoms with Gasteiger partial charge in [0.2, 0.25) is 0 Å². The van der Waals surface area contributed by atoms with Crippen LogP contribution in [-0.2, 0) is 0 Å². The minimum atomic E-state index is 0.565. The number of benzene rings is 1. The van der Waals surface area contributed by atoms with Gasteiger partial charge in [0.1, 0.15) is 17.1 Å². The predicted octanol–water partition coefficient (Wildman–Crippen LogP) is 3.89. The van der Waals surface area contributed by atoms with Crippen molar-refractivity contribution in [2.75, 3.05) is 6.61 Å². The lowest BCUT2D eigenvalue weighted by Crippen LogP contribution is -1.98. The summed E-state index contributed by atoms with van der Waals surface area (Å²) in [6.45, 7) is 6.63. The van der Waals surface area contributed by atoms with E-state index in [-0.39, 0.29) is 0 Å². The van der Waals surface area contributed by atoms with Crippen LogP contribution in [0.25, 0.3) is 16.2 Å². The molecular formula is C16H16N2O2S. The summed E-state index contributed by atoms with van der Waals surface area (Å²) >= 11 is 1.51. The van der Waals surface area contributed by atoms with Crippen molar-refractivity contribution < 1.29 is 9.53 Å². The lowest BCUT2D eigenvalue weighted by Gasteiger charge is -2.12. The Morgan fingerprint density at radius 3 is 2.81 bits per heavy atom. The van der Waals surface area contributed by atoms with Gasteiger partial charge in [-0.15, -0.1) is 11.3 Å². The van der Waals surface area contributed by atoms with Crippen LogP contribution in [0.15, 0.2) is 23.7 Å². The van der Waals surface area contributed by atoms with Gasteiger partial charge < -0.3 is 4.74 Å². The van der Waals surface area contributed by atoms with Crippen molar-refractivity contribution in [3.05, 3.63) is 40.5 Å². The zero-order valence-corrected chi connectivity index (χ0v) is 13.0. The zero-order chi connectivity index (χ0) is 15.0. The van der Waals surface area contributed by atoms with Gasteiger partial charge in [0.15, 0.2) is 11.2 Å². The van der Waals surface area contributed by atoms with E-state index in [2.05, 4.69) is 4.98 Å². The van der Waals surface area contributed by atoms with Crippen LogP contribution in [-0.4, -0.2) is 22.3 Å². The summed E-state index contributed by atoms with van der Waals surface area (Å²) in [4.78, 5) is 16.9. The molecule has 0 amide bonds. The molecule has 0 unspecified atom stereocenters. The molecule has 4 nitrogen and oxygen atoms in total. The number of imidazole rings is 1. The first-order valence-corrected chi connectivity index (χ1v) is 7.68. The third-order valence-electron chi connectivity index (χ3n) is 3.56. The number of ether oxygens (including phenoxy) is 1. The van der Waals surface area contributed by atoms with E-state index in [9.17, 15) is 4.79 Å². The average molecular weight is 300 g/mol. The molecule has 0 atom stereocenters. The van der Waals surface area contributed by atoms with Gasteiger partial charge in [-0.3, -0.25) is 9.20 Å². The number of carbonyl (C=O) groups excluding carboxylic acids is 1. The molecule has 1 aromatic carbocycles. The fraction of sp³-hybridized carbons (Fsp3) is 0.250. The van der Waals surface area contributed by atoms with Gasteiger partial charge in [0.25, 0.3) is 0 Å². The second-order valence-electron chi connectivity index (χ2n) is 4.88. The Labute approximate surface area is 127 Å². The van der Waals surface area contributed by atoms with Gasteiger partial charge >= 0.3 is 0 Å². The molecule has 0 saturated heterocycles. The molecule has 0 saturated carbocycles. The Balaban J connectivity index is 2.28. The van der Waals surface area contributed by atoms with E-state index in [0.29, 0.717) is 18.0 Å². The van der Waals surface area contributed by atoms with Crippen molar-refractivity contribution in [1.29, 1.82) is 0 Å². The zero-order valence-electron chi connectivity index (χ0n) is 12.2. The number of rotatable bonds is 4. The van der Waals surface area contributed by atoms with E-state index >= 15 is 0 Å². The second kappa shape index (κ2) is 5.33. The molecule has 0 aliphatic carbocycles. The average Bonchev–Trinajstić information content (AvgIpc) is 3.03. The molecule has 0 aliphatic rings. The van der Waals surface area contributed by atoms with E-state index in [1.54, 1.807) is 0 Å². The van der Waals surface area contributed by atoms with Crippen LogP contribution in [0.2, 0.25) is 0 Å². The van der Waals surface area contributed by atoms with Crippen molar-refractivity contribution in [2.24, 2.45) is 0 Å². The minimum absolute atomic E-state index is 0.565. The normalized spacial score (nSPS) is 11.0. The van der Waals surface area contributed by atoms with E-state index in [1.165, 1.54) is 11.3 Å². The third-order valence-corrected chi connectivity index (χ3v) is 4.32. The molecule has 2 aromatic heterocycles. The Kier molecular flexibility index (Phi) is 3.51. The van der Waals surface area contributed by atoms with Crippen LogP contribution >= 0.6 is 11.3 Å². The van der Waals surface area contributed by atoms with Crippen molar-refractivity contribution in [3.8, 4) is 17.0 Å². The number of hydrogen-bond donors (Lipinski definition) is 0. The molecule has 0 fully saturated rings. The van der Waals surface area contributed by atoms with Crippen molar-refractivity contribution >= 4 is 22.6 Å². The first kappa shape index (κ1) is 13.8. The van der Waals surface area contributed by atoms with E-state index < -0.39 is 0 Å². The smallest absolute Gasteiger partial charge is 0.194 e. The Bertz CT molecular complexity index is 817. The number of fused-ring (bicyclic) bond motifs is 1. The quantitative estimate of drug-likeness (QED) is 0.687. The number of thiazole rings is 1. The number of hydrogen-bond acceptors (Lipinski definition) is 4. The van der Waals surface area contributed by atoms with E-state index in [0.717, 1.165) is 33.7 Å². The third kappa shape index (κ3) is 2.23. The molecule has 0 N–H and O–H groups in total. The van der Waals surface area contributed by atoms with Crippen molar-refractivity contribution in [1.82, 2.24) is 9.38 Å². The van der Waals surface area contributed by atoms with Gasteiger partial charge in [-0.25, -0.2) is 4.98 Å². The maximum atomic E-state index is 11.5. The van der Waals surface area contributed by atoms with Gasteiger partial charge in [-0.1, -0.05) is 0 Å². The molecule has 2 heterocycles. The largest absolute Gasteiger partial charge is 0.493 e. The molecule has 5 heteroatoms. The predicted molar refractivity (Wildman–Crippen MR) is 84.5 cm³/mol. The monoisotopic (exact) mass is 300 g/mol. The van der Waals surface area contributed by atoms with Crippen LogP contribution < -0.4 is 4.74 Å². The SMILES string of the molecule is CCOc1cc(C)c(C)cc1-c1nc2sccn2c1C=O. The lowest BCUT2D eigenvalue weighted by molar-refractivity contribution is 0.111. The number of aldehydes is 1. The minimum Gasteiger partial charge on any atom is -0.493 e. The maximum absolute atomic E-state index is 11.5. The van der Waals surface area contributed by atoms with Crippen LogP contribution in [0, 0.1) is 13.8 Å². The van der Waals surface area contributed by atoms with Crippen molar-refractivity contribution in [2.45, 2.75) is 20.8 Å². The molecule has 108 valence electrons. The highest BCUT2D eigenvalue weighted by molar-refractivity contribution is 7.15. The molecule has 0 bridgehead atoms. The molecule has 3 rings (SSSR count). The molecule has 21 heavy (non-hydrogen) atoms. The van der Waals surface area contributed by atoms with Gasteiger partial charge in [0.05, 0.1) is 6.61 Å². The van der Waals surface area contributed by atoms with Crippen molar-refractivity contribution in [3.63, 3.8) is 0 Å². The number of aromatic nitrogens is 2. The highest BCUT2D eigenvalue weighted by Gasteiger charge is 2.18. The summed E-state index contributed by atoms with van der Waals surface area (Å²) < 4.78 is 7.55. The van der Waals surface area contributed by atoms with Crippen LogP contribution in [0.3, 0.4) is 0 Å². The topological polar surface area (TPSA) is 43.6 Å². The summed E-state index contributed by atoms with van der Waals surface area (Å²) in [5.74, 6) is 0.773. The Morgan fingerprint density at radius 1 is 1.33 bits per heavy atom. The number of nitrogens with zero attached hydrogens (tertiary/aromatic N) is 2.